The molecule has 0 amide bonds. The van der Waals surface area contributed by atoms with Crippen LogP contribution < -0.4 is 5.32 Å². The molecule has 0 spiro atoms. The Labute approximate surface area is 100 Å². The molecule has 1 aromatic heterocycles. The molecule has 5 heteroatoms. The molecule has 0 aliphatic heterocycles. The molecule has 0 unspecified atom stereocenters. The highest BCUT2D eigenvalue weighted by Crippen LogP contribution is 2.10. The van der Waals surface area contributed by atoms with Gasteiger partial charge in [-0.2, -0.15) is 0 Å². The summed E-state index contributed by atoms with van der Waals surface area (Å²) in [7, 11) is 0. The number of nitrogens with zero attached hydrogens (tertiary/aromatic N) is 1. The predicted molar refractivity (Wildman–Crippen MR) is 64.4 cm³/mol. The van der Waals surface area contributed by atoms with Gasteiger partial charge in [0.05, 0.1) is 18.7 Å². The Kier molecular flexibility index (Phi) is 6.03. The van der Waals surface area contributed by atoms with Crippen LogP contribution in [0.5, 0.6) is 0 Å². The van der Waals surface area contributed by atoms with Crippen LogP contribution in [-0.2, 0) is 22.5 Å². The summed E-state index contributed by atoms with van der Waals surface area (Å²) < 4.78 is 4.86. The lowest BCUT2D eigenvalue weighted by atomic mass is 10.3. The maximum atomic E-state index is 11.2. The molecule has 0 saturated heterocycles. The van der Waals surface area contributed by atoms with Crippen LogP contribution in [0.15, 0.2) is 5.38 Å². The summed E-state index contributed by atoms with van der Waals surface area (Å²) in [5.41, 5.74) is 0.803. The topological polar surface area (TPSA) is 51.2 Å². The van der Waals surface area contributed by atoms with Gasteiger partial charge < -0.3 is 10.1 Å². The molecule has 0 radical (unpaired) electrons. The number of nitrogens with one attached hydrogen (secondary N) is 1. The van der Waals surface area contributed by atoms with E-state index in [0.717, 1.165) is 30.2 Å². The zero-order valence-corrected chi connectivity index (χ0v) is 10.6. The highest BCUT2D eigenvalue weighted by Gasteiger charge is 2.07. The number of carbonyl (C=O) groups is 1. The summed E-state index contributed by atoms with van der Waals surface area (Å²) in [6.45, 7) is 6.13. The van der Waals surface area contributed by atoms with Crippen molar-refractivity contribution in [2.75, 3.05) is 13.2 Å². The minimum absolute atomic E-state index is 0.208. The molecule has 0 atom stereocenters. The maximum Gasteiger partial charge on any atom is 0.311 e. The first-order valence-electron chi connectivity index (χ1n) is 5.55. The first-order valence-corrected chi connectivity index (χ1v) is 6.43. The van der Waals surface area contributed by atoms with Crippen molar-refractivity contribution in [2.24, 2.45) is 0 Å². The molecule has 0 aliphatic carbocycles. The molecular weight excluding hydrogens is 224 g/mol. The highest BCUT2D eigenvalue weighted by molar-refractivity contribution is 7.09. The van der Waals surface area contributed by atoms with E-state index in [4.69, 9.17) is 4.74 Å². The first kappa shape index (κ1) is 13.1. The van der Waals surface area contributed by atoms with E-state index in [0.29, 0.717) is 6.61 Å². The molecule has 16 heavy (non-hydrogen) atoms. The van der Waals surface area contributed by atoms with Gasteiger partial charge in [0.25, 0.3) is 0 Å². The van der Waals surface area contributed by atoms with Crippen LogP contribution in [0.2, 0.25) is 0 Å². The minimum Gasteiger partial charge on any atom is -0.466 e. The fourth-order valence-electron chi connectivity index (χ4n) is 1.24. The van der Waals surface area contributed by atoms with Gasteiger partial charge in [-0.1, -0.05) is 6.92 Å². The molecular formula is C11H18N2O2S. The molecule has 1 heterocycles. The molecule has 0 saturated carbocycles. The molecule has 90 valence electrons. The Bertz CT molecular complexity index is 326. The summed E-state index contributed by atoms with van der Waals surface area (Å²) >= 11 is 1.58. The third kappa shape index (κ3) is 4.72. The van der Waals surface area contributed by atoms with E-state index < -0.39 is 0 Å². The fourth-order valence-corrected chi connectivity index (χ4v) is 2.01. The van der Waals surface area contributed by atoms with Crippen molar-refractivity contribution in [2.45, 2.75) is 33.2 Å². The van der Waals surface area contributed by atoms with Gasteiger partial charge in [0.15, 0.2) is 0 Å². The monoisotopic (exact) mass is 242 g/mol. The van der Waals surface area contributed by atoms with Gasteiger partial charge in [0.1, 0.15) is 5.01 Å². The van der Waals surface area contributed by atoms with Crippen molar-refractivity contribution >= 4 is 17.3 Å². The van der Waals surface area contributed by atoms with Crippen LogP contribution in [0.25, 0.3) is 0 Å². The summed E-state index contributed by atoms with van der Waals surface area (Å²) in [6.07, 6.45) is 1.39. The molecule has 1 N–H and O–H groups in total. The number of thiazole rings is 1. The predicted octanol–water partition coefficient (Wildman–Crippen LogP) is 1.75. The standard InChI is InChI=1S/C11H18N2O2S/c1-3-5-12-7-10-13-9(8-16-10)6-11(14)15-4-2/h8,12H,3-7H2,1-2H3. The van der Waals surface area contributed by atoms with E-state index in [-0.39, 0.29) is 12.4 Å². The van der Waals surface area contributed by atoms with Gasteiger partial charge in [-0.05, 0) is 19.9 Å². The SMILES string of the molecule is CCCNCc1nc(CC(=O)OCC)cs1. The van der Waals surface area contributed by atoms with Crippen molar-refractivity contribution in [3.8, 4) is 0 Å². The summed E-state index contributed by atoms with van der Waals surface area (Å²) in [6, 6.07) is 0. The van der Waals surface area contributed by atoms with Crippen LogP contribution in [-0.4, -0.2) is 24.1 Å². The molecule has 0 fully saturated rings. The first-order chi connectivity index (χ1) is 7.76. The maximum absolute atomic E-state index is 11.2. The Hall–Kier alpha value is -0.940. The van der Waals surface area contributed by atoms with Crippen LogP contribution in [0, 0.1) is 0 Å². The second-order valence-corrected chi connectivity index (χ2v) is 4.33. The largest absolute Gasteiger partial charge is 0.466 e. The lowest BCUT2D eigenvalue weighted by molar-refractivity contribution is -0.142. The lowest BCUT2D eigenvalue weighted by Gasteiger charge is -1.99. The summed E-state index contributed by atoms with van der Waals surface area (Å²) in [5.74, 6) is -0.208. The van der Waals surface area contributed by atoms with Crippen molar-refractivity contribution < 1.29 is 9.53 Å². The Morgan fingerprint density at radius 1 is 1.56 bits per heavy atom. The molecule has 1 rings (SSSR count). The number of hydrogen-bond acceptors (Lipinski definition) is 5. The van der Waals surface area contributed by atoms with E-state index in [9.17, 15) is 4.79 Å². The number of ether oxygens (including phenoxy) is 1. The summed E-state index contributed by atoms with van der Waals surface area (Å²) in [4.78, 5) is 15.6. The summed E-state index contributed by atoms with van der Waals surface area (Å²) in [5, 5.41) is 6.21. The van der Waals surface area contributed by atoms with Crippen molar-refractivity contribution in [1.29, 1.82) is 0 Å². The molecule has 4 nitrogen and oxygen atoms in total. The second kappa shape index (κ2) is 7.35. The van der Waals surface area contributed by atoms with E-state index in [2.05, 4.69) is 17.2 Å². The van der Waals surface area contributed by atoms with E-state index in [1.54, 1.807) is 18.3 Å². The average molecular weight is 242 g/mol. The van der Waals surface area contributed by atoms with Gasteiger partial charge in [0, 0.05) is 11.9 Å². The Balaban J connectivity index is 2.36. The van der Waals surface area contributed by atoms with Crippen LogP contribution in [0.1, 0.15) is 31.0 Å². The van der Waals surface area contributed by atoms with Gasteiger partial charge in [0.2, 0.25) is 0 Å². The van der Waals surface area contributed by atoms with Gasteiger partial charge in [-0.3, -0.25) is 4.79 Å². The molecule has 1 aromatic rings. The lowest BCUT2D eigenvalue weighted by Crippen LogP contribution is -2.13. The quantitative estimate of drug-likeness (QED) is 0.584. The molecule has 0 bridgehead atoms. The van der Waals surface area contributed by atoms with Crippen molar-refractivity contribution in [1.82, 2.24) is 10.3 Å². The molecule has 0 aromatic carbocycles. The minimum atomic E-state index is -0.208. The highest BCUT2D eigenvalue weighted by atomic mass is 32.1. The fraction of sp³-hybridized carbons (Fsp3) is 0.636. The Morgan fingerprint density at radius 2 is 2.38 bits per heavy atom. The Morgan fingerprint density at radius 3 is 3.06 bits per heavy atom. The van der Waals surface area contributed by atoms with Crippen LogP contribution >= 0.6 is 11.3 Å². The third-order valence-corrected chi connectivity index (χ3v) is 2.83. The number of rotatable bonds is 7. The zero-order chi connectivity index (χ0) is 11.8. The van der Waals surface area contributed by atoms with Crippen molar-refractivity contribution in [3.05, 3.63) is 16.1 Å². The van der Waals surface area contributed by atoms with Gasteiger partial charge >= 0.3 is 5.97 Å². The molecule has 0 aliphatic rings. The second-order valence-electron chi connectivity index (χ2n) is 3.39. The van der Waals surface area contributed by atoms with E-state index in [1.165, 1.54) is 0 Å². The van der Waals surface area contributed by atoms with Gasteiger partial charge in [-0.25, -0.2) is 4.98 Å². The third-order valence-electron chi connectivity index (χ3n) is 1.93. The zero-order valence-electron chi connectivity index (χ0n) is 9.78. The average Bonchev–Trinajstić information content (AvgIpc) is 2.66. The smallest absolute Gasteiger partial charge is 0.311 e. The van der Waals surface area contributed by atoms with Crippen LogP contribution in [0.4, 0.5) is 0 Å². The number of carbonyl (C=O) groups excluding carboxylic acids is 1. The van der Waals surface area contributed by atoms with Crippen molar-refractivity contribution in [3.63, 3.8) is 0 Å². The number of esters is 1. The van der Waals surface area contributed by atoms with E-state index in [1.807, 2.05) is 5.38 Å². The number of hydrogen-bond donors (Lipinski definition) is 1. The van der Waals surface area contributed by atoms with Gasteiger partial charge in [-0.15, -0.1) is 11.3 Å². The van der Waals surface area contributed by atoms with E-state index >= 15 is 0 Å². The van der Waals surface area contributed by atoms with Crippen LogP contribution in [0.3, 0.4) is 0 Å². The number of aromatic nitrogens is 1. The normalized spacial score (nSPS) is 10.4.